The molecule has 0 saturated carbocycles. The number of sulfonamides is 1. The van der Waals surface area contributed by atoms with Crippen LogP contribution in [0.2, 0.25) is 0 Å². The van der Waals surface area contributed by atoms with Crippen molar-refractivity contribution in [3.05, 3.63) is 21.9 Å². The molecule has 1 aromatic rings. The summed E-state index contributed by atoms with van der Waals surface area (Å²) in [7, 11) is -3.21. The number of guanidine groups is 1. The van der Waals surface area contributed by atoms with Crippen molar-refractivity contribution in [2.75, 3.05) is 43.4 Å². The molecule has 2 heterocycles. The number of nitrogens with one attached hydrogen (secondary N) is 2. The Bertz CT molecular complexity index is 682. The summed E-state index contributed by atoms with van der Waals surface area (Å²) < 4.78 is 26.4. The topological polar surface area (TPSA) is 73.8 Å². The third-order valence-electron chi connectivity index (χ3n) is 4.01. The molecule has 26 heavy (non-hydrogen) atoms. The van der Waals surface area contributed by atoms with Gasteiger partial charge in [-0.2, -0.15) is 11.8 Å². The van der Waals surface area contributed by atoms with Crippen LogP contribution in [0.25, 0.3) is 0 Å². The third kappa shape index (κ3) is 7.09. The van der Waals surface area contributed by atoms with Crippen LogP contribution in [0.4, 0.5) is 0 Å². The molecule has 1 unspecified atom stereocenters. The van der Waals surface area contributed by atoms with Gasteiger partial charge in [0.15, 0.2) is 5.96 Å². The molecular weight excluding hydrogens is 388 g/mol. The molecule has 1 saturated heterocycles. The van der Waals surface area contributed by atoms with Crippen molar-refractivity contribution in [3.8, 4) is 0 Å². The molecule has 2 N–H and O–H groups in total. The molecule has 1 fully saturated rings. The fourth-order valence-corrected chi connectivity index (χ4v) is 6.20. The second kappa shape index (κ2) is 10.5. The summed E-state index contributed by atoms with van der Waals surface area (Å²) >= 11 is 3.61. The summed E-state index contributed by atoms with van der Waals surface area (Å²) in [5.74, 6) is 2.50. The molecule has 2 rings (SSSR count). The number of hydrogen-bond acceptors (Lipinski definition) is 5. The Hall–Kier alpha value is -0.770. The molecule has 0 aromatic carbocycles. The lowest BCUT2D eigenvalue weighted by atomic mass is 10.2. The molecule has 0 radical (unpaired) electrons. The number of aryl methyl sites for hydroxylation is 1. The fourth-order valence-electron chi connectivity index (χ4n) is 2.73. The Kier molecular flexibility index (Phi) is 8.72. The van der Waals surface area contributed by atoms with Crippen molar-refractivity contribution in [1.29, 1.82) is 0 Å². The highest BCUT2D eigenvalue weighted by atomic mass is 32.2. The van der Waals surface area contributed by atoms with Crippen molar-refractivity contribution in [3.63, 3.8) is 0 Å². The third-order valence-corrected chi connectivity index (χ3v) is 7.83. The minimum atomic E-state index is -3.21. The van der Waals surface area contributed by atoms with Crippen LogP contribution in [-0.2, 0) is 16.4 Å². The van der Waals surface area contributed by atoms with Crippen LogP contribution in [0, 0.1) is 6.92 Å². The van der Waals surface area contributed by atoms with Crippen LogP contribution < -0.4 is 10.6 Å². The molecule has 1 atom stereocenters. The van der Waals surface area contributed by atoms with Gasteiger partial charge >= 0.3 is 0 Å². The number of thiophene rings is 1. The Balaban J connectivity index is 1.86. The standard InChI is InChI=1S/C17H30N4O2S3/c1-4-18-17(20-14(2)13-16-6-5-15(3)25-16)19-7-12-26(22,23)21-8-10-24-11-9-21/h5-6,14H,4,7-13H2,1-3H3,(H2,18,19,20). The van der Waals surface area contributed by atoms with E-state index in [1.807, 2.05) is 6.92 Å². The van der Waals surface area contributed by atoms with Crippen LogP contribution in [0.5, 0.6) is 0 Å². The predicted octanol–water partition coefficient (Wildman–Crippen LogP) is 1.92. The zero-order chi connectivity index (χ0) is 19.0. The zero-order valence-electron chi connectivity index (χ0n) is 15.8. The average Bonchev–Trinajstić information content (AvgIpc) is 3.00. The quantitative estimate of drug-likeness (QED) is 0.498. The van der Waals surface area contributed by atoms with Crippen molar-refractivity contribution in [1.82, 2.24) is 14.9 Å². The monoisotopic (exact) mass is 418 g/mol. The molecule has 0 bridgehead atoms. The average molecular weight is 419 g/mol. The molecule has 9 heteroatoms. The molecule has 0 spiro atoms. The van der Waals surface area contributed by atoms with E-state index in [0.29, 0.717) is 19.0 Å². The van der Waals surface area contributed by atoms with Crippen molar-refractivity contribution < 1.29 is 8.42 Å². The Morgan fingerprint density at radius 2 is 2.08 bits per heavy atom. The van der Waals surface area contributed by atoms with E-state index >= 15 is 0 Å². The van der Waals surface area contributed by atoms with Crippen LogP contribution in [-0.4, -0.2) is 68.2 Å². The molecule has 0 aliphatic carbocycles. The largest absolute Gasteiger partial charge is 0.357 e. The first-order chi connectivity index (χ1) is 12.4. The Labute approximate surface area is 165 Å². The van der Waals surface area contributed by atoms with Gasteiger partial charge in [-0.05, 0) is 32.9 Å². The fraction of sp³-hybridized carbons (Fsp3) is 0.706. The van der Waals surface area contributed by atoms with E-state index in [-0.39, 0.29) is 18.3 Å². The summed E-state index contributed by atoms with van der Waals surface area (Å²) in [5.41, 5.74) is 0. The van der Waals surface area contributed by atoms with E-state index in [1.165, 1.54) is 9.75 Å². The van der Waals surface area contributed by atoms with E-state index in [9.17, 15) is 8.42 Å². The highest BCUT2D eigenvalue weighted by molar-refractivity contribution is 7.99. The van der Waals surface area contributed by atoms with Gasteiger partial charge in [0.05, 0.1) is 12.3 Å². The number of nitrogens with zero attached hydrogens (tertiary/aromatic N) is 2. The van der Waals surface area contributed by atoms with Gasteiger partial charge in [0.1, 0.15) is 0 Å². The zero-order valence-corrected chi connectivity index (χ0v) is 18.3. The highest BCUT2D eigenvalue weighted by Gasteiger charge is 2.23. The molecule has 148 valence electrons. The van der Waals surface area contributed by atoms with E-state index in [1.54, 1.807) is 27.4 Å². The lowest BCUT2D eigenvalue weighted by Crippen LogP contribution is -2.43. The van der Waals surface area contributed by atoms with Gasteiger partial charge in [0.2, 0.25) is 10.0 Å². The van der Waals surface area contributed by atoms with Gasteiger partial charge in [-0.1, -0.05) is 0 Å². The maximum atomic E-state index is 12.4. The van der Waals surface area contributed by atoms with Gasteiger partial charge in [-0.15, -0.1) is 11.3 Å². The minimum Gasteiger partial charge on any atom is -0.357 e. The normalized spacial score (nSPS) is 17.9. The van der Waals surface area contributed by atoms with Crippen LogP contribution in [0.1, 0.15) is 23.6 Å². The van der Waals surface area contributed by atoms with E-state index in [0.717, 1.165) is 24.5 Å². The SMILES string of the molecule is CCNC(=NCCS(=O)(=O)N1CCSCC1)NC(C)Cc1ccc(C)s1. The van der Waals surface area contributed by atoms with Crippen LogP contribution in [0.3, 0.4) is 0 Å². The molecule has 1 aliphatic heterocycles. The number of thioether (sulfide) groups is 1. The van der Waals surface area contributed by atoms with E-state index in [4.69, 9.17) is 0 Å². The van der Waals surface area contributed by atoms with E-state index < -0.39 is 10.0 Å². The minimum absolute atomic E-state index is 0.0622. The van der Waals surface area contributed by atoms with E-state index in [2.05, 4.69) is 41.6 Å². The smallest absolute Gasteiger partial charge is 0.215 e. The summed E-state index contributed by atoms with van der Waals surface area (Å²) in [6, 6.07) is 4.52. The highest BCUT2D eigenvalue weighted by Crippen LogP contribution is 2.16. The van der Waals surface area contributed by atoms with Crippen molar-refractivity contribution in [2.45, 2.75) is 33.2 Å². The van der Waals surface area contributed by atoms with Crippen LogP contribution in [0.15, 0.2) is 17.1 Å². The first-order valence-corrected chi connectivity index (χ1v) is 12.6. The summed E-state index contributed by atoms with van der Waals surface area (Å²) in [4.78, 5) is 7.12. The first kappa shape index (κ1) is 21.5. The van der Waals surface area contributed by atoms with Crippen molar-refractivity contribution in [2.24, 2.45) is 4.99 Å². The molecule has 1 aliphatic rings. The lowest BCUT2D eigenvalue weighted by molar-refractivity contribution is 0.444. The number of aliphatic imine (C=N–C) groups is 1. The lowest BCUT2D eigenvalue weighted by Gasteiger charge is -2.25. The second-order valence-electron chi connectivity index (χ2n) is 6.35. The predicted molar refractivity (Wildman–Crippen MR) is 114 cm³/mol. The van der Waals surface area contributed by atoms with Crippen LogP contribution >= 0.6 is 23.1 Å². The maximum Gasteiger partial charge on any atom is 0.215 e. The molecule has 0 amide bonds. The first-order valence-electron chi connectivity index (χ1n) is 9.06. The second-order valence-corrected chi connectivity index (χ2v) is 11.0. The number of rotatable bonds is 8. The summed E-state index contributed by atoms with van der Waals surface area (Å²) in [6.07, 6.45) is 0.923. The maximum absolute atomic E-state index is 12.4. The van der Waals surface area contributed by atoms with Crippen molar-refractivity contribution >= 4 is 39.1 Å². The summed E-state index contributed by atoms with van der Waals surface area (Å²) in [5, 5.41) is 6.58. The Morgan fingerprint density at radius 3 is 2.69 bits per heavy atom. The molecule has 6 nitrogen and oxygen atoms in total. The Morgan fingerprint density at radius 1 is 1.35 bits per heavy atom. The molecule has 1 aromatic heterocycles. The summed E-state index contributed by atoms with van der Waals surface area (Å²) in [6.45, 7) is 8.48. The number of hydrogen-bond donors (Lipinski definition) is 2. The molecular formula is C17H30N4O2S3. The van der Waals surface area contributed by atoms with Gasteiger partial charge in [0.25, 0.3) is 0 Å². The van der Waals surface area contributed by atoms with Gasteiger partial charge in [-0.3, -0.25) is 4.99 Å². The van der Waals surface area contributed by atoms with Gasteiger partial charge in [0, 0.05) is 53.4 Å². The van der Waals surface area contributed by atoms with Gasteiger partial charge < -0.3 is 10.6 Å². The van der Waals surface area contributed by atoms with Gasteiger partial charge in [-0.25, -0.2) is 12.7 Å².